The minimum Gasteiger partial charge on any atom is -0.394 e. The van der Waals surface area contributed by atoms with Crippen molar-refractivity contribution in [2.45, 2.75) is 38.8 Å². The molecule has 3 aromatic rings. The second-order valence-electron chi connectivity index (χ2n) is 9.61. The van der Waals surface area contributed by atoms with E-state index in [9.17, 15) is 9.90 Å². The molecule has 8 nitrogen and oxygen atoms in total. The molecular weight excluding hydrogens is 536 g/mol. The van der Waals surface area contributed by atoms with Crippen LogP contribution >= 0.6 is 23.2 Å². The molecule has 0 aliphatic carbocycles. The summed E-state index contributed by atoms with van der Waals surface area (Å²) in [7, 11) is 0. The van der Waals surface area contributed by atoms with Crippen LogP contribution in [0.2, 0.25) is 10.0 Å². The van der Waals surface area contributed by atoms with E-state index in [1.807, 2.05) is 6.92 Å². The van der Waals surface area contributed by atoms with Gasteiger partial charge in [0.2, 0.25) is 5.91 Å². The van der Waals surface area contributed by atoms with Gasteiger partial charge in [0.15, 0.2) is 5.70 Å². The highest BCUT2D eigenvalue weighted by Crippen LogP contribution is 2.35. The van der Waals surface area contributed by atoms with Gasteiger partial charge in [0, 0.05) is 58.6 Å². The normalized spacial score (nSPS) is 17.2. The van der Waals surface area contributed by atoms with Crippen molar-refractivity contribution in [2.24, 2.45) is 0 Å². The Labute approximate surface area is 227 Å². The molecule has 38 heavy (non-hydrogen) atoms. The van der Waals surface area contributed by atoms with Crippen LogP contribution < -0.4 is 5.32 Å². The highest BCUT2D eigenvalue weighted by atomic mass is 35.5. The number of carbonyl (C=O) groups is 1. The number of nitrogens with one attached hydrogen (secondary N) is 1. The van der Waals surface area contributed by atoms with Crippen LogP contribution in [0, 0.1) is 13.8 Å². The maximum Gasteiger partial charge on any atom is 0.737 e. The minimum absolute atomic E-state index is 0.0383. The molecule has 1 aromatic carbocycles. The van der Waals surface area contributed by atoms with Crippen LogP contribution in [0.4, 0.5) is 8.63 Å². The van der Waals surface area contributed by atoms with E-state index in [0.717, 1.165) is 14.5 Å². The number of fused-ring (bicyclic) bond motifs is 2. The maximum absolute atomic E-state index is 15.6. The molecule has 0 fully saturated rings. The fraction of sp³-hybridized carbons (Fsp3) is 0.280. The number of aromatic nitrogens is 4. The number of rotatable bonds is 8. The molecule has 0 saturated heterocycles. The molecule has 1 atom stereocenters. The smallest absolute Gasteiger partial charge is 0.394 e. The predicted octanol–water partition coefficient (Wildman–Crippen LogP) is 4.09. The lowest BCUT2D eigenvalue weighted by molar-refractivity contribution is -0.362. The summed E-state index contributed by atoms with van der Waals surface area (Å²) in [6.07, 6.45) is 8.09. The molecular formula is C25H25BCl2F2N6O2. The number of aliphatic hydroxyl groups is 1. The summed E-state index contributed by atoms with van der Waals surface area (Å²) >= 11 is 12.4. The summed E-state index contributed by atoms with van der Waals surface area (Å²) in [6, 6.07) is 6.42. The molecule has 4 heterocycles. The lowest BCUT2D eigenvalue weighted by Gasteiger charge is -2.30. The zero-order valence-electron chi connectivity index (χ0n) is 20.7. The van der Waals surface area contributed by atoms with Gasteiger partial charge in [0.05, 0.1) is 19.3 Å². The van der Waals surface area contributed by atoms with Gasteiger partial charge in [0.1, 0.15) is 11.3 Å². The Bertz CT molecular complexity index is 1520. The fourth-order valence-corrected chi connectivity index (χ4v) is 5.74. The van der Waals surface area contributed by atoms with E-state index in [4.69, 9.17) is 23.2 Å². The molecule has 5 rings (SSSR count). The van der Waals surface area contributed by atoms with Crippen LogP contribution in [-0.4, -0.2) is 54.2 Å². The third-order valence-electron chi connectivity index (χ3n) is 6.92. The SMILES string of the molecule is Cc1cc(C)n2c1C=C1C=CC(CCC(=O)NCC(O)(Cn3ccnn3)c3ccc(Cl)cc3Cl)=[N+]1[B-]2(F)F. The van der Waals surface area contributed by atoms with Crippen molar-refractivity contribution >= 4 is 47.9 Å². The first kappa shape index (κ1) is 26.3. The fourth-order valence-electron chi connectivity index (χ4n) is 5.16. The van der Waals surface area contributed by atoms with Gasteiger partial charge in [-0.15, -0.1) is 5.10 Å². The van der Waals surface area contributed by atoms with E-state index < -0.39 is 18.5 Å². The number of hydrogen-bond acceptors (Lipinski definition) is 4. The Hall–Kier alpha value is -3.28. The van der Waals surface area contributed by atoms with Crippen molar-refractivity contribution in [3.8, 4) is 0 Å². The topological polar surface area (TPSA) is 88.0 Å². The Balaban J connectivity index is 1.32. The number of nitrogens with zero attached hydrogens (tertiary/aromatic N) is 5. The number of benzene rings is 1. The van der Waals surface area contributed by atoms with E-state index in [-0.39, 0.29) is 31.0 Å². The lowest BCUT2D eigenvalue weighted by Crippen LogP contribution is -2.50. The molecule has 1 amide bonds. The number of amides is 1. The van der Waals surface area contributed by atoms with Gasteiger partial charge in [-0.2, -0.15) is 0 Å². The lowest BCUT2D eigenvalue weighted by atomic mass is 9.90. The van der Waals surface area contributed by atoms with Gasteiger partial charge in [-0.25, -0.2) is 4.68 Å². The summed E-state index contributed by atoms with van der Waals surface area (Å²) in [6.45, 7) is -0.862. The van der Waals surface area contributed by atoms with E-state index >= 15 is 8.63 Å². The van der Waals surface area contributed by atoms with Gasteiger partial charge in [-0.05, 0) is 43.3 Å². The van der Waals surface area contributed by atoms with Crippen molar-refractivity contribution in [3.05, 3.63) is 87.1 Å². The van der Waals surface area contributed by atoms with Gasteiger partial charge in [-0.3, -0.25) is 4.79 Å². The van der Waals surface area contributed by atoms with E-state index in [2.05, 4.69) is 15.6 Å². The molecule has 0 saturated carbocycles. The van der Waals surface area contributed by atoms with Crippen LogP contribution in [0.5, 0.6) is 0 Å². The third-order valence-corrected chi connectivity index (χ3v) is 7.47. The molecule has 198 valence electrons. The first-order chi connectivity index (χ1) is 18.0. The van der Waals surface area contributed by atoms with Gasteiger partial charge in [0.25, 0.3) is 0 Å². The van der Waals surface area contributed by atoms with Gasteiger partial charge in [-0.1, -0.05) is 34.5 Å². The molecule has 13 heteroatoms. The Morgan fingerprint density at radius 3 is 2.74 bits per heavy atom. The Kier molecular flexibility index (Phi) is 6.79. The zero-order chi connectivity index (χ0) is 27.2. The standard InChI is InChI=1S/C25H25BCl2F2N6O2/c1-16-11-17(2)35-23(16)13-20-5-4-19(36(20)26(35,29)30)6-8-24(37)31-14-25(38,15-34-10-9-32-33-34)21-7-3-18(27)12-22(21)28/h3-5,7,9-13,38H,6,8,14-15H2,1-2H3,(H,31,37). The molecule has 0 spiro atoms. The van der Waals surface area contributed by atoms with Crippen molar-refractivity contribution < 1.29 is 23.0 Å². The molecule has 2 aliphatic rings. The number of aryl methyl sites for hydroxylation is 2. The second-order valence-corrected chi connectivity index (χ2v) is 10.5. The van der Waals surface area contributed by atoms with Crippen LogP contribution in [0.15, 0.2) is 54.5 Å². The monoisotopic (exact) mass is 560 g/mol. The van der Waals surface area contributed by atoms with Crippen LogP contribution in [-0.2, 0) is 16.9 Å². The average Bonchev–Trinajstić information content (AvgIpc) is 3.56. The predicted molar refractivity (Wildman–Crippen MR) is 142 cm³/mol. The van der Waals surface area contributed by atoms with Gasteiger partial charge >= 0.3 is 6.97 Å². The second kappa shape index (κ2) is 9.79. The van der Waals surface area contributed by atoms with Crippen molar-refractivity contribution in [3.63, 3.8) is 0 Å². The number of carbonyl (C=O) groups excluding carboxylic acids is 1. The van der Waals surface area contributed by atoms with Crippen LogP contribution in [0.25, 0.3) is 6.08 Å². The highest BCUT2D eigenvalue weighted by Gasteiger charge is 2.52. The highest BCUT2D eigenvalue weighted by molar-refractivity contribution is 6.58. The number of allylic oxidation sites excluding steroid dienone is 2. The van der Waals surface area contributed by atoms with Crippen LogP contribution in [0.3, 0.4) is 0 Å². The number of halogens is 4. The molecule has 2 N–H and O–H groups in total. The maximum atomic E-state index is 15.6. The summed E-state index contributed by atoms with van der Waals surface area (Å²) in [5.41, 5.74) is 1.24. The summed E-state index contributed by atoms with van der Waals surface area (Å²) in [5.74, 6) is -0.410. The van der Waals surface area contributed by atoms with Crippen molar-refractivity contribution in [1.29, 1.82) is 0 Å². The van der Waals surface area contributed by atoms with Crippen molar-refractivity contribution in [2.75, 3.05) is 6.54 Å². The molecule has 0 radical (unpaired) electrons. The largest absolute Gasteiger partial charge is 0.737 e. The quantitative estimate of drug-likeness (QED) is 0.406. The van der Waals surface area contributed by atoms with E-state index in [1.165, 1.54) is 16.9 Å². The minimum atomic E-state index is -4.10. The Morgan fingerprint density at radius 1 is 1.24 bits per heavy atom. The molecule has 0 bridgehead atoms. The van der Waals surface area contributed by atoms with Crippen LogP contribution in [0.1, 0.15) is 35.4 Å². The first-order valence-electron chi connectivity index (χ1n) is 12.0. The van der Waals surface area contributed by atoms with E-state index in [0.29, 0.717) is 33.4 Å². The van der Waals surface area contributed by atoms with Gasteiger partial charge < -0.3 is 28.0 Å². The zero-order valence-corrected chi connectivity index (χ0v) is 22.2. The molecule has 1 unspecified atom stereocenters. The number of hydrogen-bond donors (Lipinski definition) is 2. The summed E-state index contributed by atoms with van der Waals surface area (Å²) in [5, 5.41) is 22.5. The molecule has 2 aromatic heterocycles. The van der Waals surface area contributed by atoms with E-state index in [1.54, 1.807) is 49.5 Å². The summed E-state index contributed by atoms with van der Waals surface area (Å²) < 4.78 is 34.8. The first-order valence-corrected chi connectivity index (χ1v) is 12.8. The Morgan fingerprint density at radius 2 is 2.03 bits per heavy atom. The third kappa shape index (κ3) is 4.70. The van der Waals surface area contributed by atoms with Crippen molar-refractivity contribution in [1.82, 2.24) is 24.8 Å². The molecule has 2 aliphatic heterocycles. The average molecular weight is 561 g/mol. The summed E-state index contributed by atoms with van der Waals surface area (Å²) in [4.78, 5) is 12.8.